The molecule has 0 aliphatic rings. The van der Waals surface area contributed by atoms with E-state index in [0.717, 1.165) is 22.1 Å². The summed E-state index contributed by atoms with van der Waals surface area (Å²) in [4.78, 5) is 8.38. The Balaban J connectivity index is 1.70. The van der Waals surface area contributed by atoms with Crippen LogP contribution in [0.2, 0.25) is 5.02 Å². The minimum absolute atomic E-state index is 0.668. The number of benzene rings is 1. The summed E-state index contributed by atoms with van der Waals surface area (Å²) >= 11 is 6.14. The molecule has 0 bridgehead atoms. The third-order valence-electron chi connectivity index (χ3n) is 3.44. The zero-order valence-corrected chi connectivity index (χ0v) is 13.3. The Kier molecular flexibility index (Phi) is 5.06. The molecule has 0 aliphatic heterocycles. The molecule has 2 N–H and O–H groups in total. The van der Waals surface area contributed by atoms with Crippen molar-refractivity contribution in [3.05, 3.63) is 83.3 Å². The summed E-state index contributed by atoms with van der Waals surface area (Å²) in [6.07, 6.45) is 5.34. The van der Waals surface area contributed by atoms with Gasteiger partial charge in [-0.05, 0) is 47.5 Å². The highest BCUT2D eigenvalue weighted by atomic mass is 35.5. The zero-order chi connectivity index (χ0) is 15.9. The fourth-order valence-electron chi connectivity index (χ4n) is 2.25. The van der Waals surface area contributed by atoms with E-state index < -0.39 is 0 Å². The lowest BCUT2D eigenvalue weighted by Crippen LogP contribution is -2.07. The molecule has 23 heavy (non-hydrogen) atoms. The summed E-state index contributed by atoms with van der Waals surface area (Å²) in [7, 11) is 0. The Morgan fingerprint density at radius 3 is 2.57 bits per heavy atom. The average Bonchev–Trinajstić information content (AvgIpc) is 2.61. The SMILES string of the molecule is Clc1ccc(CNc2cccnc2)c(CNc2ccccn2)c1. The first-order valence-electron chi connectivity index (χ1n) is 7.37. The van der Waals surface area contributed by atoms with Crippen LogP contribution in [0.25, 0.3) is 0 Å². The summed E-state index contributed by atoms with van der Waals surface area (Å²) in [5, 5.41) is 7.42. The second-order valence-electron chi connectivity index (χ2n) is 5.08. The van der Waals surface area contributed by atoms with E-state index in [4.69, 9.17) is 11.6 Å². The van der Waals surface area contributed by atoms with Crippen molar-refractivity contribution in [3.63, 3.8) is 0 Å². The number of nitrogens with one attached hydrogen (secondary N) is 2. The average molecular weight is 325 g/mol. The summed E-state index contributed by atoms with van der Waals surface area (Å²) in [5.41, 5.74) is 3.31. The molecule has 2 aromatic heterocycles. The Morgan fingerprint density at radius 2 is 1.78 bits per heavy atom. The molecule has 0 amide bonds. The van der Waals surface area contributed by atoms with Crippen LogP contribution in [0.15, 0.2) is 67.1 Å². The lowest BCUT2D eigenvalue weighted by atomic mass is 10.1. The third kappa shape index (κ3) is 4.44. The molecule has 0 saturated carbocycles. The van der Waals surface area contributed by atoms with Crippen LogP contribution in [0.1, 0.15) is 11.1 Å². The number of hydrogen-bond donors (Lipinski definition) is 2. The van der Waals surface area contributed by atoms with Gasteiger partial charge in [0.25, 0.3) is 0 Å². The van der Waals surface area contributed by atoms with Gasteiger partial charge < -0.3 is 10.6 Å². The largest absolute Gasteiger partial charge is 0.380 e. The maximum atomic E-state index is 6.14. The number of hydrogen-bond acceptors (Lipinski definition) is 4. The Hall–Kier alpha value is -2.59. The molecule has 0 fully saturated rings. The van der Waals surface area contributed by atoms with Crippen LogP contribution in [-0.4, -0.2) is 9.97 Å². The van der Waals surface area contributed by atoms with E-state index in [1.165, 1.54) is 5.56 Å². The number of halogens is 1. The zero-order valence-electron chi connectivity index (χ0n) is 12.5. The van der Waals surface area contributed by atoms with Crippen LogP contribution in [-0.2, 0) is 13.1 Å². The second kappa shape index (κ2) is 7.61. The summed E-state index contributed by atoms with van der Waals surface area (Å²) in [6, 6.07) is 15.6. The highest BCUT2D eigenvalue weighted by Gasteiger charge is 2.04. The minimum atomic E-state index is 0.668. The number of rotatable bonds is 6. The van der Waals surface area contributed by atoms with Gasteiger partial charge in [-0.15, -0.1) is 0 Å². The molecule has 0 spiro atoms. The number of anilines is 2. The fourth-order valence-corrected chi connectivity index (χ4v) is 2.44. The van der Waals surface area contributed by atoms with Gasteiger partial charge in [-0.3, -0.25) is 4.98 Å². The summed E-state index contributed by atoms with van der Waals surface area (Å²) in [6.45, 7) is 1.38. The molecule has 0 saturated heterocycles. The molecule has 5 heteroatoms. The fraction of sp³-hybridized carbons (Fsp3) is 0.111. The highest BCUT2D eigenvalue weighted by molar-refractivity contribution is 6.30. The predicted octanol–water partition coefficient (Wildman–Crippen LogP) is 4.35. The molecule has 0 radical (unpaired) electrons. The van der Waals surface area contributed by atoms with E-state index in [-0.39, 0.29) is 0 Å². The quantitative estimate of drug-likeness (QED) is 0.707. The van der Waals surface area contributed by atoms with Crippen molar-refractivity contribution in [2.45, 2.75) is 13.1 Å². The van der Waals surface area contributed by atoms with Gasteiger partial charge in [0, 0.05) is 36.7 Å². The van der Waals surface area contributed by atoms with Crippen LogP contribution in [0.5, 0.6) is 0 Å². The van der Waals surface area contributed by atoms with Crippen LogP contribution < -0.4 is 10.6 Å². The van der Waals surface area contributed by atoms with Crippen LogP contribution in [0, 0.1) is 0 Å². The number of aromatic nitrogens is 2. The summed E-state index contributed by atoms with van der Waals surface area (Å²) < 4.78 is 0. The molecule has 0 unspecified atom stereocenters. The molecule has 3 rings (SSSR count). The normalized spacial score (nSPS) is 10.3. The first-order chi connectivity index (χ1) is 11.3. The van der Waals surface area contributed by atoms with Gasteiger partial charge in [0.1, 0.15) is 5.82 Å². The standard InChI is InChI=1S/C18H17ClN4/c19-16-7-6-14(11-22-17-4-3-8-20-13-17)15(10-16)12-23-18-5-1-2-9-21-18/h1-10,13,22H,11-12H2,(H,21,23). The Morgan fingerprint density at radius 1 is 0.870 bits per heavy atom. The molecule has 0 atom stereocenters. The van der Waals surface area contributed by atoms with E-state index in [2.05, 4.69) is 20.6 Å². The van der Waals surface area contributed by atoms with Crippen molar-refractivity contribution in [2.24, 2.45) is 0 Å². The molecule has 116 valence electrons. The van der Waals surface area contributed by atoms with Crippen LogP contribution in [0.3, 0.4) is 0 Å². The van der Waals surface area contributed by atoms with Gasteiger partial charge in [0.15, 0.2) is 0 Å². The predicted molar refractivity (Wildman–Crippen MR) is 94.6 cm³/mol. The third-order valence-corrected chi connectivity index (χ3v) is 3.67. The van der Waals surface area contributed by atoms with Crippen molar-refractivity contribution in [3.8, 4) is 0 Å². The van der Waals surface area contributed by atoms with Crippen molar-refractivity contribution in [1.29, 1.82) is 0 Å². The van der Waals surface area contributed by atoms with E-state index in [0.29, 0.717) is 13.1 Å². The van der Waals surface area contributed by atoms with Gasteiger partial charge in [-0.25, -0.2) is 4.98 Å². The smallest absolute Gasteiger partial charge is 0.126 e. The molecule has 0 aliphatic carbocycles. The monoisotopic (exact) mass is 324 g/mol. The lowest BCUT2D eigenvalue weighted by Gasteiger charge is -2.13. The molecular weight excluding hydrogens is 308 g/mol. The molecule has 4 nitrogen and oxygen atoms in total. The minimum Gasteiger partial charge on any atom is -0.380 e. The van der Waals surface area contributed by atoms with Gasteiger partial charge in [-0.2, -0.15) is 0 Å². The van der Waals surface area contributed by atoms with Crippen molar-refractivity contribution < 1.29 is 0 Å². The molecule has 2 heterocycles. The van der Waals surface area contributed by atoms with Gasteiger partial charge >= 0.3 is 0 Å². The van der Waals surface area contributed by atoms with Crippen LogP contribution in [0.4, 0.5) is 11.5 Å². The van der Waals surface area contributed by atoms with E-state index in [1.54, 1.807) is 12.4 Å². The van der Waals surface area contributed by atoms with Gasteiger partial charge in [0.05, 0.1) is 5.69 Å². The van der Waals surface area contributed by atoms with Gasteiger partial charge in [-0.1, -0.05) is 23.7 Å². The molecule has 3 aromatic rings. The topological polar surface area (TPSA) is 49.8 Å². The highest BCUT2D eigenvalue weighted by Crippen LogP contribution is 2.19. The van der Waals surface area contributed by atoms with E-state index in [1.807, 2.05) is 54.7 Å². The van der Waals surface area contributed by atoms with Crippen LogP contribution >= 0.6 is 11.6 Å². The van der Waals surface area contributed by atoms with Crippen molar-refractivity contribution in [1.82, 2.24) is 9.97 Å². The Bertz CT molecular complexity index is 747. The first-order valence-corrected chi connectivity index (χ1v) is 7.75. The maximum absolute atomic E-state index is 6.14. The number of nitrogens with zero attached hydrogens (tertiary/aromatic N) is 2. The van der Waals surface area contributed by atoms with Crippen molar-refractivity contribution >= 4 is 23.1 Å². The molecular formula is C18H17ClN4. The van der Waals surface area contributed by atoms with E-state index in [9.17, 15) is 0 Å². The van der Waals surface area contributed by atoms with Gasteiger partial charge in [0.2, 0.25) is 0 Å². The van der Waals surface area contributed by atoms with Crippen molar-refractivity contribution in [2.75, 3.05) is 10.6 Å². The number of pyridine rings is 2. The Labute approximate surface area is 140 Å². The second-order valence-corrected chi connectivity index (χ2v) is 5.51. The molecule has 1 aromatic carbocycles. The maximum Gasteiger partial charge on any atom is 0.126 e. The van der Waals surface area contributed by atoms with E-state index >= 15 is 0 Å². The first kappa shape index (κ1) is 15.3. The summed E-state index contributed by atoms with van der Waals surface area (Å²) in [5.74, 6) is 0.846. The lowest BCUT2D eigenvalue weighted by molar-refractivity contribution is 1.04.